The number of hydrogen-bond donors (Lipinski definition) is 1. The lowest BCUT2D eigenvalue weighted by atomic mass is 9.95. The third-order valence-electron chi connectivity index (χ3n) is 4.38. The van der Waals surface area contributed by atoms with Gasteiger partial charge in [0.05, 0.1) is 19.2 Å². The van der Waals surface area contributed by atoms with Gasteiger partial charge < -0.3 is 14.6 Å². The zero-order valence-corrected chi connectivity index (χ0v) is 15.8. The number of carbonyl (C=O) groups is 2. The van der Waals surface area contributed by atoms with Gasteiger partial charge in [-0.2, -0.15) is 0 Å². The minimum atomic E-state index is -0.132. The lowest BCUT2D eigenvalue weighted by Crippen LogP contribution is -2.39. The summed E-state index contributed by atoms with van der Waals surface area (Å²) in [7, 11) is 1.65. The molecule has 1 aromatic heterocycles. The van der Waals surface area contributed by atoms with E-state index < -0.39 is 0 Å². The van der Waals surface area contributed by atoms with E-state index in [-0.39, 0.29) is 24.8 Å². The molecule has 136 valence electrons. The van der Waals surface area contributed by atoms with Crippen LogP contribution in [-0.4, -0.2) is 36.9 Å². The number of carbonyl (C=O) groups excluding carboxylic acids is 2. The highest BCUT2D eigenvalue weighted by Crippen LogP contribution is 2.29. The van der Waals surface area contributed by atoms with Gasteiger partial charge in [-0.05, 0) is 42.5 Å². The molecule has 0 spiro atoms. The first-order chi connectivity index (χ1) is 11.8. The van der Waals surface area contributed by atoms with E-state index in [1.54, 1.807) is 13.3 Å². The molecule has 0 aliphatic carbocycles. The quantitative estimate of drug-likeness (QED) is 0.837. The van der Waals surface area contributed by atoms with Gasteiger partial charge in [0.1, 0.15) is 5.58 Å². The van der Waals surface area contributed by atoms with E-state index in [1.165, 1.54) is 16.0 Å². The van der Waals surface area contributed by atoms with Crippen LogP contribution >= 0.6 is 0 Å². The van der Waals surface area contributed by atoms with Crippen LogP contribution in [0, 0.1) is 6.92 Å². The van der Waals surface area contributed by atoms with Crippen LogP contribution in [0.25, 0.3) is 11.0 Å². The lowest BCUT2D eigenvalue weighted by Gasteiger charge is -2.16. The Kier molecular flexibility index (Phi) is 6.23. The zero-order chi connectivity index (χ0) is 18.6. The molecule has 0 bridgehead atoms. The maximum absolute atomic E-state index is 12.5. The van der Waals surface area contributed by atoms with E-state index >= 15 is 0 Å². The van der Waals surface area contributed by atoms with Crippen molar-refractivity contribution in [3.63, 3.8) is 0 Å². The topological polar surface area (TPSA) is 62.6 Å². The van der Waals surface area contributed by atoms with Crippen molar-refractivity contribution in [3.8, 4) is 0 Å². The second-order valence-corrected chi connectivity index (χ2v) is 6.90. The Labute approximate surface area is 149 Å². The molecule has 0 unspecified atom stereocenters. The first-order valence-electron chi connectivity index (χ1n) is 8.84. The molecule has 0 aliphatic heterocycles. The van der Waals surface area contributed by atoms with Crippen molar-refractivity contribution in [2.45, 2.75) is 46.5 Å². The second-order valence-electron chi connectivity index (χ2n) is 6.90. The molecule has 5 heteroatoms. The van der Waals surface area contributed by atoms with Gasteiger partial charge >= 0.3 is 0 Å². The van der Waals surface area contributed by atoms with Gasteiger partial charge in [0.15, 0.2) is 0 Å². The molecule has 1 aromatic carbocycles. The lowest BCUT2D eigenvalue weighted by molar-refractivity contribution is -0.134. The van der Waals surface area contributed by atoms with Crippen LogP contribution in [0.4, 0.5) is 0 Å². The number of benzene rings is 1. The van der Waals surface area contributed by atoms with Crippen LogP contribution in [0.5, 0.6) is 0 Å². The number of aryl methyl sites for hydroxylation is 1. The Hall–Kier alpha value is -2.30. The number of amides is 2. The highest BCUT2D eigenvalue weighted by molar-refractivity contribution is 5.90. The van der Waals surface area contributed by atoms with Gasteiger partial charge in [-0.1, -0.05) is 20.8 Å². The molecule has 0 aliphatic rings. The summed E-state index contributed by atoms with van der Waals surface area (Å²) in [5.41, 5.74) is 4.12. The molecule has 0 saturated carbocycles. The predicted octanol–water partition coefficient (Wildman–Crippen LogP) is 3.39. The normalized spacial score (nSPS) is 11.1. The summed E-state index contributed by atoms with van der Waals surface area (Å²) in [6.07, 6.45) is 2.75. The first-order valence-corrected chi connectivity index (χ1v) is 8.84. The molecular weight excluding hydrogens is 316 g/mol. The summed E-state index contributed by atoms with van der Waals surface area (Å²) in [6, 6.07) is 4.15. The van der Waals surface area contributed by atoms with Gasteiger partial charge in [-0.15, -0.1) is 0 Å². The highest BCUT2D eigenvalue weighted by atomic mass is 16.3. The third kappa shape index (κ3) is 4.62. The Morgan fingerprint density at radius 1 is 1.28 bits per heavy atom. The smallest absolute Gasteiger partial charge is 0.239 e. The van der Waals surface area contributed by atoms with Gasteiger partial charge in [0, 0.05) is 24.5 Å². The summed E-state index contributed by atoms with van der Waals surface area (Å²) in [4.78, 5) is 25.7. The van der Waals surface area contributed by atoms with E-state index in [2.05, 4.69) is 32.2 Å². The summed E-state index contributed by atoms with van der Waals surface area (Å²) in [5, 5.41) is 3.76. The highest BCUT2D eigenvalue weighted by Gasteiger charge is 2.17. The maximum Gasteiger partial charge on any atom is 0.239 e. The zero-order valence-electron chi connectivity index (χ0n) is 15.8. The minimum absolute atomic E-state index is 0.0744. The average Bonchev–Trinajstić information content (AvgIpc) is 2.93. The Morgan fingerprint density at radius 2 is 2.00 bits per heavy atom. The Bertz CT molecular complexity index is 762. The molecule has 2 rings (SSSR count). The van der Waals surface area contributed by atoms with E-state index in [0.717, 1.165) is 23.0 Å². The molecule has 0 atom stereocenters. The molecule has 1 heterocycles. The van der Waals surface area contributed by atoms with Gasteiger partial charge in [-0.3, -0.25) is 9.59 Å². The van der Waals surface area contributed by atoms with Gasteiger partial charge in [0.2, 0.25) is 11.8 Å². The van der Waals surface area contributed by atoms with E-state index in [9.17, 15) is 9.59 Å². The Morgan fingerprint density at radius 3 is 2.64 bits per heavy atom. The number of fused-ring (bicyclic) bond motifs is 1. The molecule has 5 nitrogen and oxygen atoms in total. The van der Waals surface area contributed by atoms with E-state index in [1.807, 2.05) is 13.0 Å². The van der Waals surface area contributed by atoms with Crippen LogP contribution in [0.1, 0.15) is 49.8 Å². The van der Waals surface area contributed by atoms with Crippen molar-refractivity contribution in [1.82, 2.24) is 10.2 Å². The summed E-state index contributed by atoms with van der Waals surface area (Å²) in [6.45, 7) is 9.08. The monoisotopic (exact) mass is 344 g/mol. The van der Waals surface area contributed by atoms with Crippen LogP contribution in [0.3, 0.4) is 0 Å². The second kappa shape index (κ2) is 8.19. The number of nitrogens with zero attached hydrogens (tertiary/aromatic N) is 1. The molecular formula is C20H28N2O3. The maximum atomic E-state index is 12.5. The Balaban J connectivity index is 2.12. The molecule has 2 amide bonds. The molecule has 2 aromatic rings. The number of nitrogens with one attached hydrogen (secondary N) is 1. The van der Waals surface area contributed by atoms with Crippen molar-refractivity contribution < 1.29 is 14.0 Å². The largest absolute Gasteiger partial charge is 0.464 e. The van der Waals surface area contributed by atoms with Gasteiger partial charge in [-0.25, -0.2) is 0 Å². The van der Waals surface area contributed by atoms with Crippen LogP contribution in [0.15, 0.2) is 22.8 Å². The number of furan rings is 1. The van der Waals surface area contributed by atoms with Gasteiger partial charge in [0.25, 0.3) is 0 Å². The molecule has 25 heavy (non-hydrogen) atoms. The summed E-state index contributed by atoms with van der Waals surface area (Å²) < 4.78 is 5.63. The molecule has 0 radical (unpaired) electrons. The third-order valence-corrected chi connectivity index (χ3v) is 4.38. The fraction of sp³-hybridized carbons (Fsp3) is 0.500. The van der Waals surface area contributed by atoms with E-state index in [0.29, 0.717) is 12.5 Å². The SMILES string of the molecule is CCCNC(=O)CN(C)C(=O)Cc1coc2cc(C)c(C(C)C)cc12. The van der Waals surface area contributed by atoms with Crippen molar-refractivity contribution in [1.29, 1.82) is 0 Å². The molecule has 0 saturated heterocycles. The minimum Gasteiger partial charge on any atom is -0.464 e. The molecule has 0 fully saturated rings. The average molecular weight is 344 g/mol. The van der Waals surface area contributed by atoms with Crippen molar-refractivity contribution in [3.05, 3.63) is 35.1 Å². The first kappa shape index (κ1) is 19.0. The summed E-state index contributed by atoms with van der Waals surface area (Å²) >= 11 is 0. The fourth-order valence-electron chi connectivity index (χ4n) is 2.93. The molecule has 1 N–H and O–H groups in total. The predicted molar refractivity (Wildman–Crippen MR) is 99.7 cm³/mol. The standard InChI is InChI=1S/C20H28N2O3/c1-6-7-21-19(23)11-22(5)20(24)9-15-12-25-18-8-14(4)16(13(2)3)10-17(15)18/h8,10,12-13H,6-7,9,11H2,1-5H3,(H,21,23). The summed E-state index contributed by atoms with van der Waals surface area (Å²) in [5.74, 6) is 0.182. The van der Waals surface area contributed by atoms with Crippen LogP contribution in [-0.2, 0) is 16.0 Å². The number of likely N-dealkylation sites (N-methyl/N-ethyl adjacent to an activating group) is 1. The fourth-order valence-corrected chi connectivity index (χ4v) is 2.93. The van der Waals surface area contributed by atoms with Crippen LogP contribution in [0.2, 0.25) is 0 Å². The number of rotatable bonds is 7. The van der Waals surface area contributed by atoms with Crippen molar-refractivity contribution >= 4 is 22.8 Å². The number of hydrogen-bond acceptors (Lipinski definition) is 3. The van der Waals surface area contributed by atoms with Crippen molar-refractivity contribution in [2.24, 2.45) is 0 Å². The van der Waals surface area contributed by atoms with Crippen molar-refractivity contribution in [2.75, 3.05) is 20.1 Å². The van der Waals surface area contributed by atoms with E-state index in [4.69, 9.17) is 4.42 Å². The van der Waals surface area contributed by atoms with Crippen LogP contribution < -0.4 is 5.32 Å².